The van der Waals surface area contributed by atoms with E-state index in [-0.39, 0.29) is 5.97 Å². The first-order chi connectivity index (χ1) is 11.8. The number of carbonyl (C=O) groups is 1. The Bertz CT molecular complexity index is 575. The third-order valence-corrected chi connectivity index (χ3v) is 3.79. The molecule has 24 heavy (non-hydrogen) atoms. The highest BCUT2D eigenvalue weighted by Gasteiger charge is 2.12. The van der Waals surface area contributed by atoms with Gasteiger partial charge in [-0.05, 0) is 50.3 Å². The van der Waals surface area contributed by atoms with E-state index in [2.05, 4.69) is 18.2 Å². The molecule has 0 fully saturated rings. The first kappa shape index (κ1) is 18.1. The summed E-state index contributed by atoms with van der Waals surface area (Å²) in [6.45, 7) is 2.55. The van der Waals surface area contributed by atoms with Gasteiger partial charge in [0.25, 0.3) is 0 Å². The molecule has 0 aliphatic carbocycles. The molecular formula is C20H26O4. The minimum absolute atomic E-state index is 0.286. The van der Waals surface area contributed by atoms with Gasteiger partial charge in [0.1, 0.15) is 0 Å². The Morgan fingerprint density at radius 2 is 1.96 bits per heavy atom. The molecule has 130 valence electrons. The number of fused-ring (bicyclic) bond motifs is 1. The number of hydrogen-bond acceptors (Lipinski definition) is 4. The molecule has 1 heterocycles. The topological polar surface area (TPSA) is 44.8 Å². The van der Waals surface area contributed by atoms with Crippen molar-refractivity contribution < 1.29 is 19.0 Å². The van der Waals surface area contributed by atoms with Gasteiger partial charge >= 0.3 is 5.97 Å². The lowest BCUT2D eigenvalue weighted by Gasteiger charge is -2.03. The molecule has 1 aliphatic heterocycles. The quantitative estimate of drug-likeness (QED) is 0.272. The van der Waals surface area contributed by atoms with Gasteiger partial charge < -0.3 is 14.2 Å². The normalized spacial score (nSPS) is 13.0. The zero-order chi connectivity index (χ0) is 17.0. The molecule has 0 unspecified atom stereocenters. The predicted octanol–water partition coefficient (Wildman–Crippen LogP) is 4.58. The van der Waals surface area contributed by atoms with Crippen molar-refractivity contribution in [2.75, 3.05) is 13.4 Å². The summed E-state index contributed by atoms with van der Waals surface area (Å²) in [6, 6.07) is 6.19. The molecule has 0 saturated heterocycles. The number of rotatable bonds is 10. The summed E-state index contributed by atoms with van der Waals surface area (Å²) in [4.78, 5) is 11.1. The number of allylic oxidation sites excluding steroid dienone is 3. The van der Waals surface area contributed by atoms with E-state index in [9.17, 15) is 4.79 Å². The SMILES string of the molecule is CCOC(=O)/C=C/C=C/CCCCCCc1ccc2c(c1)OCO2. The summed E-state index contributed by atoms with van der Waals surface area (Å²) in [6.07, 6.45) is 14.1. The van der Waals surface area contributed by atoms with Gasteiger partial charge in [0.2, 0.25) is 6.79 Å². The Hall–Kier alpha value is -2.23. The highest BCUT2D eigenvalue weighted by molar-refractivity contribution is 5.82. The zero-order valence-corrected chi connectivity index (χ0v) is 14.3. The fraction of sp³-hybridized carbons (Fsp3) is 0.450. The first-order valence-electron chi connectivity index (χ1n) is 8.68. The van der Waals surface area contributed by atoms with Gasteiger partial charge in [0, 0.05) is 6.08 Å². The van der Waals surface area contributed by atoms with Crippen LogP contribution in [0.4, 0.5) is 0 Å². The van der Waals surface area contributed by atoms with Gasteiger partial charge in [0.05, 0.1) is 6.61 Å². The van der Waals surface area contributed by atoms with Crippen molar-refractivity contribution in [3.05, 3.63) is 48.1 Å². The molecule has 0 aromatic heterocycles. The lowest BCUT2D eigenvalue weighted by Crippen LogP contribution is -1.98. The fourth-order valence-corrected chi connectivity index (χ4v) is 2.54. The monoisotopic (exact) mass is 330 g/mol. The molecule has 0 bridgehead atoms. The predicted molar refractivity (Wildman–Crippen MR) is 94.3 cm³/mol. The lowest BCUT2D eigenvalue weighted by atomic mass is 10.0. The van der Waals surface area contributed by atoms with Gasteiger partial charge in [-0.15, -0.1) is 0 Å². The summed E-state index contributed by atoms with van der Waals surface area (Å²) in [7, 11) is 0. The van der Waals surface area contributed by atoms with E-state index < -0.39 is 0 Å². The second-order valence-electron chi connectivity index (χ2n) is 5.68. The number of aryl methyl sites for hydroxylation is 1. The van der Waals surface area contributed by atoms with Crippen molar-refractivity contribution in [2.24, 2.45) is 0 Å². The molecule has 0 atom stereocenters. The van der Waals surface area contributed by atoms with Crippen molar-refractivity contribution in [2.45, 2.75) is 45.4 Å². The van der Waals surface area contributed by atoms with Crippen LogP contribution in [0.5, 0.6) is 11.5 Å². The maximum absolute atomic E-state index is 11.1. The van der Waals surface area contributed by atoms with Crippen LogP contribution in [0.15, 0.2) is 42.5 Å². The van der Waals surface area contributed by atoms with E-state index in [1.165, 1.54) is 37.3 Å². The Kier molecular flexibility index (Phi) is 7.94. The van der Waals surface area contributed by atoms with E-state index in [0.29, 0.717) is 13.4 Å². The molecule has 1 aliphatic rings. The third-order valence-electron chi connectivity index (χ3n) is 3.79. The smallest absolute Gasteiger partial charge is 0.330 e. The molecule has 0 saturated carbocycles. The van der Waals surface area contributed by atoms with Crippen LogP contribution >= 0.6 is 0 Å². The molecule has 1 aromatic rings. The average molecular weight is 330 g/mol. The van der Waals surface area contributed by atoms with Gasteiger partial charge in [-0.1, -0.05) is 37.1 Å². The van der Waals surface area contributed by atoms with E-state index >= 15 is 0 Å². The van der Waals surface area contributed by atoms with Crippen LogP contribution in [0.25, 0.3) is 0 Å². The number of unbranched alkanes of at least 4 members (excludes halogenated alkanes) is 4. The minimum Gasteiger partial charge on any atom is -0.463 e. The molecule has 0 spiro atoms. The number of carbonyl (C=O) groups excluding carboxylic acids is 1. The number of ether oxygens (including phenoxy) is 3. The maximum atomic E-state index is 11.1. The second kappa shape index (κ2) is 10.5. The Morgan fingerprint density at radius 3 is 2.83 bits per heavy atom. The van der Waals surface area contributed by atoms with E-state index in [1.807, 2.05) is 12.1 Å². The average Bonchev–Trinajstić information content (AvgIpc) is 3.04. The van der Waals surface area contributed by atoms with Crippen molar-refractivity contribution in [3.8, 4) is 11.5 Å². The third kappa shape index (κ3) is 6.49. The highest BCUT2D eigenvalue weighted by Crippen LogP contribution is 2.32. The number of hydrogen-bond donors (Lipinski definition) is 0. The van der Waals surface area contributed by atoms with Crippen molar-refractivity contribution in [3.63, 3.8) is 0 Å². The highest BCUT2D eigenvalue weighted by atomic mass is 16.7. The van der Waals surface area contributed by atoms with Crippen LogP contribution in [0.3, 0.4) is 0 Å². The van der Waals surface area contributed by atoms with Crippen molar-refractivity contribution in [1.29, 1.82) is 0 Å². The van der Waals surface area contributed by atoms with Crippen LogP contribution in [0.2, 0.25) is 0 Å². The molecule has 4 heteroatoms. The number of esters is 1. The molecule has 2 rings (SSSR count). The molecule has 4 nitrogen and oxygen atoms in total. The number of benzene rings is 1. The standard InChI is InChI=1S/C20H26O4/c1-2-22-20(21)12-10-8-6-4-3-5-7-9-11-17-13-14-18-19(15-17)24-16-23-18/h6,8,10,12-15H,2-5,7,9,11,16H2,1H3/b8-6+,12-10+. The molecule has 1 aromatic carbocycles. The summed E-state index contributed by atoms with van der Waals surface area (Å²) >= 11 is 0. The second-order valence-corrected chi connectivity index (χ2v) is 5.68. The van der Waals surface area contributed by atoms with Crippen molar-refractivity contribution >= 4 is 5.97 Å². The van der Waals surface area contributed by atoms with E-state index in [4.69, 9.17) is 14.2 Å². The lowest BCUT2D eigenvalue weighted by molar-refractivity contribution is -0.137. The first-order valence-corrected chi connectivity index (χ1v) is 8.68. The molecule has 0 N–H and O–H groups in total. The van der Waals surface area contributed by atoms with E-state index in [1.54, 1.807) is 13.0 Å². The van der Waals surface area contributed by atoms with E-state index in [0.717, 1.165) is 24.3 Å². The molecule has 0 amide bonds. The summed E-state index contributed by atoms with van der Waals surface area (Å²) in [5.74, 6) is 1.43. The van der Waals surface area contributed by atoms with Gasteiger partial charge in [-0.25, -0.2) is 4.79 Å². The summed E-state index contributed by atoms with van der Waals surface area (Å²) in [5.41, 5.74) is 1.31. The minimum atomic E-state index is -0.286. The van der Waals surface area contributed by atoms with Crippen LogP contribution in [-0.4, -0.2) is 19.4 Å². The Balaban J connectivity index is 1.50. The van der Waals surface area contributed by atoms with Crippen LogP contribution in [0, 0.1) is 0 Å². The van der Waals surface area contributed by atoms with Crippen LogP contribution < -0.4 is 9.47 Å². The van der Waals surface area contributed by atoms with Crippen molar-refractivity contribution in [1.82, 2.24) is 0 Å². The van der Waals surface area contributed by atoms with Crippen LogP contribution in [-0.2, 0) is 16.0 Å². The fourth-order valence-electron chi connectivity index (χ4n) is 2.54. The van der Waals surface area contributed by atoms with Gasteiger partial charge in [-0.2, -0.15) is 0 Å². The molecular weight excluding hydrogens is 304 g/mol. The van der Waals surface area contributed by atoms with Gasteiger partial charge in [0.15, 0.2) is 11.5 Å². The molecule has 0 radical (unpaired) electrons. The summed E-state index contributed by atoms with van der Waals surface area (Å²) in [5, 5.41) is 0. The Morgan fingerprint density at radius 1 is 1.12 bits per heavy atom. The van der Waals surface area contributed by atoms with Crippen LogP contribution in [0.1, 0.15) is 44.6 Å². The maximum Gasteiger partial charge on any atom is 0.330 e. The summed E-state index contributed by atoms with van der Waals surface area (Å²) < 4.78 is 15.5. The Labute approximate surface area is 144 Å². The van der Waals surface area contributed by atoms with Gasteiger partial charge in [-0.3, -0.25) is 0 Å². The zero-order valence-electron chi connectivity index (χ0n) is 14.3. The largest absolute Gasteiger partial charge is 0.463 e.